The van der Waals surface area contributed by atoms with Crippen LogP contribution < -0.4 is 19.5 Å². The van der Waals surface area contributed by atoms with Crippen molar-refractivity contribution in [3.8, 4) is 11.6 Å². The second-order valence-electron chi connectivity index (χ2n) is 6.40. The number of aromatic nitrogens is 2. The topological polar surface area (TPSA) is 120 Å². The standard InChI is InChI=1S/C20H18Cl2N4O5S/c1-12(31-17-8-3-13(21)9-16(17)22)20(27)25-14-4-6-15(7-5-14)32(28,29)26-18-10-19(30-2)24-11-23-18/h3-12H,1-2H3,(H,25,27)(H,23,24,26)/t12-/m0/s1. The minimum atomic E-state index is -3.91. The predicted molar refractivity (Wildman–Crippen MR) is 121 cm³/mol. The predicted octanol–water partition coefficient (Wildman–Crippen LogP) is 4.00. The molecule has 3 aromatic rings. The molecule has 12 heteroatoms. The Balaban J connectivity index is 1.64. The van der Waals surface area contributed by atoms with E-state index in [0.29, 0.717) is 16.5 Å². The minimum absolute atomic E-state index is 0.0228. The molecule has 0 saturated carbocycles. The van der Waals surface area contributed by atoms with Crippen molar-refractivity contribution < 1.29 is 22.7 Å². The molecule has 168 valence electrons. The number of hydrogen-bond acceptors (Lipinski definition) is 7. The lowest BCUT2D eigenvalue weighted by molar-refractivity contribution is -0.122. The van der Waals surface area contributed by atoms with Gasteiger partial charge in [-0.05, 0) is 49.4 Å². The van der Waals surface area contributed by atoms with Crippen molar-refractivity contribution >= 4 is 50.6 Å². The number of ether oxygens (including phenoxy) is 2. The lowest BCUT2D eigenvalue weighted by atomic mass is 10.3. The monoisotopic (exact) mass is 496 g/mol. The Hall–Kier alpha value is -3.08. The van der Waals surface area contributed by atoms with Gasteiger partial charge in [-0.3, -0.25) is 9.52 Å². The van der Waals surface area contributed by atoms with Crippen molar-refractivity contribution in [1.29, 1.82) is 0 Å². The molecule has 1 heterocycles. The highest BCUT2D eigenvalue weighted by Crippen LogP contribution is 2.28. The average Bonchev–Trinajstić information content (AvgIpc) is 2.75. The molecule has 0 spiro atoms. The smallest absolute Gasteiger partial charge is 0.265 e. The molecule has 0 bridgehead atoms. The SMILES string of the molecule is COc1cc(NS(=O)(=O)c2ccc(NC(=O)[C@H](C)Oc3ccc(Cl)cc3Cl)cc2)ncn1. The maximum atomic E-state index is 12.6. The molecule has 32 heavy (non-hydrogen) atoms. The molecule has 1 amide bonds. The molecule has 3 rings (SSSR count). The summed E-state index contributed by atoms with van der Waals surface area (Å²) in [4.78, 5) is 20.1. The largest absolute Gasteiger partial charge is 0.481 e. The molecule has 0 unspecified atom stereocenters. The highest BCUT2D eigenvalue weighted by Gasteiger charge is 2.18. The Kier molecular flexibility index (Phi) is 7.39. The van der Waals surface area contributed by atoms with E-state index in [1.807, 2.05) is 0 Å². The highest BCUT2D eigenvalue weighted by atomic mass is 35.5. The van der Waals surface area contributed by atoms with Crippen LogP contribution in [0, 0.1) is 0 Å². The van der Waals surface area contributed by atoms with Gasteiger partial charge in [-0.2, -0.15) is 0 Å². The Morgan fingerprint density at radius 1 is 1.06 bits per heavy atom. The Morgan fingerprint density at radius 3 is 2.44 bits per heavy atom. The van der Waals surface area contributed by atoms with Crippen LogP contribution in [0.15, 0.2) is 59.8 Å². The fourth-order valence-electron chi connectivity index (χ4n) is 2.48. The van der Waals surface area contributed by atoms with Gasteiger partial charge >= 0.3 is 0 Å². The lowest BCUT2D eigenvalue weighted by Crippen LogP contribution is -2.30. The van der Waals surface area contributed by atoms with Gasteiger partial charge in [0.25, 0.3) is 15.9 Å². The van der Waals surface area contributed by atoms with E-state index < -0.39 is 22.0 Å². The van der Waals surface area contributed by atoms with E-state index in [1.165, 1.54) is 49.8 Å². The van der Waals surface area contributed by atoms with E-state index in [2.05, 4.69) is 20.0 Å². The first kappa shape index (κ1) is 23.6. The van der Waals surface area contributed by atoms with E-state index in [9.17, 15) is 13.2 Å². The molecule has 2 aromatic carbocycles. The van der Waals surface area contributed by atoms with Crippen LogP contribution in [0.2, 0.25) is 10.0 Å². The molecule has 2 N–H and O–H groups in total. The van der Waals surface area contributed by atoms with Crippen LogP contribution >= 0.6 is 23.2 Å². The highest BCUT2D eigenvalue weighted by molar-refractivity contribution is 7.92. The molecular formula is C20H18Cl2N4O5S. The number of carbonyl (C=O) groups excluding carboxylic acids is 1. The summed E-state index contributed by atoms with van der Waals surface area (Å²) in [6.45, 7) is 1.55. The van der Waals surface area contributed by atoms with Gasteiger partial charge in [0.1, 0.15) is 17.9 Å². The van der Waals surface area contributed by atoms with Crippen LogP contribution in [0.5, 0.6) is 11.6 Å². The summed E-state index contributed by atoms with van der Waals surface area (Å²) in [5.74, 6) is 0.137. The van der Waals surface area contributed by atoms with Crippen molar-refractivity contribution in [3.63, 3.8) is 0 Å². The summed E-state index contributed by atoms with van der Waals surface area (Å²) in [6.07, 6.45) is 0.307. The first-order valence-electron chi connectivity index (χ1n) is 9.09. The van der Waals surface area contributed by atoms with Crippen molar-refractivity contribution in [2.24, 2.45) is 0 Å². The maximum Gasteiger partial charge on any atom is 0.265 e. The zero-order valence-electron chi connectivity index (χ0n) is 16.9. The summed E-state index contributed by atoms with van der Waals surface area (Å²) in [5.41, 5.74) is 0.385. The second-order valence-corrected chi connectivity index (χ2v) is 8.93. The van der Waals surface area contributed by atoms with E-state index in [-0.39, 0.29) is 21.6 Å². The molecule has 0 fully saturated rings. The Labute approximate surface area is 194 Å². The van der Waals surface area contributed by atoms with Gasteiger partial charge in [-0.25, -0.2) is 18.4 Å². The van der Waals surface area contributed by atoms with Crippen molar-refractivity contribution in [2.45, 2.75) is 17.9 Å². The normalized spacial score (nSPS) is 12.0. The molecule has 9 nitrogen and oxygen atoms in total. The molecule has 0 saturated heterocycles. The van der Waals surface area contributed by atoms with Gasteiger partial charge in [-0.15, -0.1) is 0 Å². The summed E-state index contributed by atoms with van der Waals surface area (Å²) in [6, 6.07) is 11.6. The van der Waals surface area contributed by atoms with Gasteiger partial charge in [0.15, 0.2) is 6.10 Å². The molecule has 0 aliphatic carbocycles. The van der Waals surface area contributed by atoms with Crippen molar-refractivity contribution in [1.82, 2.24) is 9.97 Å². The minimum Gasteiger partial charge on any atom is -0.481 e. The Morgan fingerprint density at radius 2 is 1.78 bits per heavy atom. The number of sulfonamides is 1. The van der Waals surface area contributed by atoms with E-state index in [1.54, 1.807) is 19.1 Å². The van der Waals surface area contributed by atoms with Crippen LogP contribution in [0.1, 0.15) is 6.92 Å². The quantitative estimate of drug-likeness (QED) is 0.483. The number of nitrogens with one attached hydrogen (secondary N) is 2. The van der Waals surface area contributed by atoms with E-state index in [0.717, 1.165) is 0 Å². The van der Waals surface area contributed by atoms with Crippen molar-refractivity contribution in [3.05, 3.63) is 64.9 Å². The molecule has 0 aliphatic rings. The number of halogens is 2. The zero-order chi connectivity index (χ0) is 23.3. The van der Waals surface area contributed by atoms with Gasteiger partial charge in [0.05, 0.1) is 17.0 Å². The molecule has 1 atom stereocenters. The van der Waals surface area contributed by atoms with Gasteiger partial charge in [0.2, 0.25) is 5.88 Å². The molecule has 0 aliphatic heterocycles. The third-order valence-corrected chi connectivity index (χ3v) is 5.99. The van der Waals surface area contributed by atoms with Crippen LogP contribution in [0.3, 0.4) is 0 Å². The second kappa shape index (κ2) is 10.0. The Bertz CT molecular complexity index is 1220. The number of amides is 1. The fourth-order valence-corrected chi connectivity index (χ4v) is 3.93. The molecule has 0 radical (unpaired) electrons. The number of methoxy groups -OCH3 is 1. The first-order chi connectivity index (χ1) is 15.2. The lowest BCUT2D eigenvalue weighted by Gasteiger charge is -2.16. The number of carbonyl (C=O) groups is 1. The third kappa shape index (κ3) is 6.00. The van der Waals surface area contributed by atoms with Crippen LogP contribution in [-0.2, 0) is 14.8 Å². The number of anilines is 2. The van der Waals surface area contributed by atoms with Gasteiger partial charge in [-0.1, -0.05) is 23.2 Å². The fraction of sp³-hybridized carbons (Fsp3) is 0.150. The summed E-state index contributed by atoms with van der Waals surface area (Å²) in [5, 5.41) is 3.38. The van der Waals surface area contributed by atoms with Crippen LogP contribution in [0.25, 0.3) is 0 Å². The van der Waals surface area contributed by atoms with Gasteiger partial charge < -0.3 is 14.8 Å². The zero-order valence-corrected chi connectivity index (χ0v) is 19.2. The third-order valence-electron chi connectivity index (χ3n) is 4.09. The van der Waals surface area contributed by atoms with Crippen LogP contribution in [0.4, 0.5) is 11.5 Å². The number of rotatable bonds is 8. The average molecular weight is 497 g/mol. The summed E-state index contributed by atoms with van der Waals surface area (Å²) < 4.78 is 38.0. The molecular weight excluding hydrogens is 479 g/mol. The van der Waals surface area contributed by atoms with Crippen molar-refractivity contribution in [2.75, 3.05) is 17.1 Å². The number of benzene rings is 2. The van der Waals surface area contributed by atoms with Crippen LogP contribution in [-0.4, -0.2) is 37.5 Å². The molecule has 1 aromatic heterocycles. The maximum absolute atomic E-state index is 12.6. The summed E-state index contributed by atoms with van der Waals surface area (Å²) in [7, 11) is -2.50. The van der Waals surface area contributed by atoms with E-state index in [4.69, 9.17) is 32.7 Å². The number of nitrogens with zero attached hydrogens (tertiary/aromatic N) is 2. The van der Waals surface area contributed by atoms with Gasteiger partial charge in [0, 0.05) is 16.8 Å². The summed E-state index contributed by atoms with van der Waals surface area (Å²) >= 11 is 11.9. The number of hydrogen-bond donors (Lipinski definition) is 2. The first-order valence-corrected chi connectivity index (χ1v) is 11.3. The van der Waals surface area contributed by atoms with E-state index >= 15 is 0 Å².